The van der Waals surface area contributed by atoms with Gasteiger partial charge in [0.1, 0.15) is 0 Å². The van der Waals surface area contributed by atoms with Gasteiger partial charge in [0.05, 0.1) is 5.60 Å². The molecule has 1 heteroatoms. The van der Waals surface area contributed by atoms with Crippen molar-refractivity contribution >= 4 is 5.57 Å². The second-order valence-electron chi connectivity index (χ2n) is 4.26. The van der Waals surface area contributed by atoms with Crippen LogP contribution in [0.3, 0.4) is 0 Å². The van der Waals surface area contributed by atoms with E-state index < -0.39 is 5.60 Å². The molecule has 1 unspecified atom stereocenters. The van der Waals surface area contributed by atoms with Gasteiger partial charge in [-0.1, -0.05) is 43.3 Å². The van der Waals surface area contributed by atoms with E-state index in [-0.39, 0.29) is 0 Å². The second kappa shape index (κ2) is 4.19. The van der Waals surface area contributed by atoms with E-state index in [4.69, 9.17) is 0 Å². The first kappa shape index (κ1) is 10.4. The summed E-state index contributed by atoms with van der Waals surface area (Å²) in [4.78, 5) is 0. The van der Waals surface area contributed by atoms with Crippen molar-refractivity contribution < 1.29 is 5.11 Å². The quantitative estimate of drug-likeness (QED) is 0.779. The van der Waals surface area contributed by atoms with Crippen molar-refractivity contribution in [1.82, 2.24) is 0 Å². The van der Waals surface area contributed by atoms with Crippen LogP contribution in [0.4, 0.5) is 0 Å². The highest BCUT2D eigenvalue weighted by molar-refractivity contribution is 5.72. The van der Waals surface area contributed by atoms with Crippen molar-refractivity contribution in [2.75, 3.05) is 0 Å². The zero-order valence-corrected chi connectivity index (χ0v) is 9.24. The Balaban J connectivity index is 2.38. The van der Waals surface area contributed by atoms with E-state index in [0.29, 0.717) is 0 Å². The predicted octanol–water partition coefficient (Wildman–Crippen LogP) is 3.40. The molecular formula is C14H18O. The molecule has 1 aliphatic carbocycles. The summed E-state index contributed by atoms with van der Waals surface area (Å²) in [7, 11) is 0. The Morgan fingerprint density at radius 3 is 2.67 bits per heavy atom. The highest BCUT2D eigenvalue weighted by Crippen LogP contribution is 2.38. The molecule has 0 saturated heterocycles. The van der Waals surface area contributed by atoms with Crippen LogP contribution >= 0.6 is 0 Å². The molecule has 0 saturated carbocycles. The van der Waals surface area contributed by atoms with E-state index in [1.807, 2.05) is 18.2 Å². The lowest BCUT2D eigenvalue weighted by molar-refractivity contribution is 0.0819. The molecule has 0 fully saturated rings. The maximum absolute atomic E-state index is 10.5. The molecule has 0 aromatic heterocycles. The number of aliphatic hydroxyl groups is 1. The largest absolute Gasteiger partial charge is 0.385 e. The Hall–Kier alpha value is -1.08. The van der Waals surface area contributed by atoms with Gasteiger partial charge in [0.15, 0.2) is 0 Å². The molecular weight excluding hydrogens is 184 g/mol. The van der Waals surface area contributed by atoms with Crippen LogP contribution in [0.2, 0.25) is 0 Å². The molecule has 80 valence electrons. The summed E-state index contributed by atoms with van der Waals surface area (Å²) in [5.74, 6) is 0. The summed E-state index contributed by atoms with van der Waals surface area (Å²) < 4.78 is 0. The van der Waals surface area contributed by atoms with Gasteiger partial charge in [-0.3, -0.25) is 0 Å². The van der Waals surface area contributed by atoms with Crippen LogP contribution in [-0.4, -0.2) is 10.7 Å². The fraction of sp³-hybridized carbons (Fsp3) is 0.429. The molecule has 1 aliphatic rings. The molecule has 1 N–H and O–H groups in total. The van der Waals surface area contributed by atoms with Crippen LogP contribution < -0.4 is 0 Å². The molecule has 0 spiro atoms. The molecule has 2 rings (SSSR count). The monoisotopic (exact) mass is 202 g/mol. The Morgan fingerprint density at radius 1 is 1.27 bits per heavy atom. The van der Waals surface area contributed by atoms with Crippen molar-refractivity contribution in [1.29, 1.82) is 0 Å². The smallest absolute Gasteiger partial charge is 0.0896 e. The highest BCUT2D eigenvalue weighted by Gasteiger charge is 2.31. The highest BCUT2D eigenvalue weighted by atomic mass is 16.3. The van der Waals surface area contributed by atoms with Gasteiger partial charge in [0.25, 0.3) is 0 Å². The van der Waals surface area contributed by atoms with Gasteiger partial charge < -0.3 is 5.11 Å². The summed E-state index contributed by atoms with van der Waals surface area (Å²) in [6.45, 7) is 2.06. The fourth-order valence-corrected chi connectivity index (χ4v) is 2.34. The first-order valence-corrected chi connectivity index (χ1v) is 5.75. The average Bonchev–Trinajstić information content (AvgIpc) is 2.31. The topological polar surface area (TPSA) is 20.2 Å². The Labute approximate surface area is 91.4 Å². The van der Waals surface area contributed by atoms with Crippen LogP contribution in [0.15, 0.2) is 36.4 Å². The summed E-state index contributed by atoms with van der Waals surface area (Å²) in [5, 5.41) is 10.5. The molecule has 1 nitrogen and oxygen atoms in total. The van der Waals surface area contributed by atoms with Gasteiger partial charge in [-0.25, -0.2) is 0 Å². The van der Waals surface area contributed by atoms with Crippen LogP contribution in [0.5, 0.6) is 0 Å². The van der Waals surface area contributed by atoms with Crippen molar-refractivity contribution in [3.8, 4) is 0 Å². The lowest BCUT2D eigenvalue weighted by atomic mass is 9.78. The van der Waals surface area contributed by atoms with E-state index in [1.165, 1.54) is 5.56 Å². The number of allylic oxidation sites excluding steroid dienone is 1. The van der Waals surface area contributed by atoms with Gasteiger partial charge in [-0.05, 0) is 36.8 Å². The average molecular weight is 202 g/mol. The van der Waals surface area contributed by atoms with Crippen molar-refractivity contribution in [3.63, 3.8) is 0 Å². The molecule has 0 amide bonds. The zero-order valence-electron chi connectivity index (χ0n) is 9.24. The van der Waals surface area contributed by atoms with Crippen LogP contribution in [0.1, 0.15) is 38.2 Å². The minimum Gasteiger partial charge on any atom is -0.385 e. The summed E-state index contributed by atoms with van der Waals surface area (Å²) in [5.41, 5.74) is 1.69. The third kappa shape index (κ3) is 1.98. The minimum absolute atomic E-state index is 0.598. The molecule has 0 bridgehead atoms. The van der Waals surface area contributed by atoms with Crippen LogP contribution in [0, 0.1) is 0 Å². The Kier molecular flexibility index (Phi) is 2.92. The maximum Gasteiger partial charge on any atom is 0.0896 e. The van der Waals surface area contributed by atoms with E-state index in [1.54, 1.807) is 0 Å². The third-order valence-corrected chi connectivity index (χ3v) is 3.31. The Morgan fingerprint density at radius 2 is 2.00 bits per heavy atom. The number of hydrogen-bond acceptors (Lipinski definition) is 1. The molecule has 0 heterocycles. The Bertz CT molecular complexity index is 353. The molecule has 1 aromatic rings. The summed E-state index contributed by atoms with van der Waals surface area (Å²) in [6, 6.07) is 10.2. The van der Waals surface area contributed by atoms with Gasteiger partial charge in [-0.2, -0.15) is 0 Å². The van der Waals surface area contributed by atoms with Crippen molar-refractivity contribution in [3.05, 3.63) is 42.0 Å². The lowest BCUT2D eigenvalue weighted by Crippen LogP contribution is -2.31. The number of hydrogen-bond donors (Lipinski definition) is 1. The predicted molar refractivity (Wildman–Crippen MR) is 63.5 cm³/mol. The molecule has 1 aromatic carbocycles. The minimum atomic E-state index is -0.598. The van der Waals surface area contributed by atoms with Gasteiger partial charge in [0.2, 0.25) is 0 Å². The molecule has 15 heavy (non-hydrogen) atoms. The second-order valence-corrected chi connectivity index (χ2v) is 4.26. The lowest BCUT2D eigenvalue weighted by Gasteiger charge is -2.33. The van der Waals surface area contributed by atoms with Gasteiger partial charge >= 0.3 is 0 Å². The van der Waals surface area contributed by atoms with Crippen LogP contribution in [0.25, 0.3) is 5.57 Å². The zero-order chi connectivity index (χ0) is 10.7. The van der Waals surface area contributed by atoms with Gasteiger partial charge in [0, 0.05) is 0 Å². The van der Waals surface area contributed by atoms with E-state index in [9.17, 15) is 5.11 Å². The van der Waals surface area contributed by atoms with Crippen molar-refractivity contribution in [2.24, 2.45) is 0 Å². The maximum atomic E-state index is 10.5. The van der Waals surface area contributed by atoms with E-state index in [0.717, 1.165) is 31.3 Å². The van der Waals surface area contributed by atoms with Crippen LogP contribution in [-0.2, 0) is 0 Å². The first-order valence-electron chi connectivity index (χ1n) is 5.75. The first-order chi connectivity index (χ1) is 7.26. The normalized spacial score (nSPS) is 26.1. The number of rotatable bonds is 2. The van der Waals surface area contributed by atoms with Gasteiger partial charge in [-0.15, -0.1) is 0 Å². The fourth-order valence-electron chi connectivity index (χ4n) is 2.34. The third-order valence-electron chi connectivity index (χ3n) is 3.31. The van der Waals surface area contributed by atoms with Crippen molar-refractivity contribution in [2.45, 2.75) is 38.2 Å². The van der Waals surface area contributed by atoms with E-state index in [2.05, 4.69) is 25.1 Å². The summed E-state index contributed by atoms with van der Waals surface area (Å²) in [6.07, 6.45) is 6.08. The molecule has 1 atom stereocenters. The van der Waals surface area contributed by atoms with E-state index >= 15 is 0 Å². The number of benzene rings is 1. The molecule has 0 radical (unpaired) electrons. The molecule has 0 aliphatic heterocycles. The SMILES string of the molecule is CCC1(O)CCCC=C1c1ccccc1. The summed E-state index contributed by atoms with van der Waals surface area (Å²) >= 11 is 0. The standard InChI is InChI=1S/C14H18O/c1-2-14(15)11-7-6-10-13(14)12-8-4-3-5-9-12/h3-5,8-10,15H,2,6-7,11H2,1H3.